The van der Waals surface area contributed by atoms with E-state index in [0.717, 1.165) is 12.8 Å². The van der Waals surface area contributed by atoms with Crippen molar-refractivity contribution < 1.29 is 4.57 Å². The fraction of sp³-hybridized carbons (Fsp3) is 0.179. The van der Waals surface area contributed by atoms with Gasteiger partial charge in [-0.2, -0.15) is 4.57 Å². The summed E-state index contributed by atoms with van der Waals surface area (Å²) in [5.74, 6) is 0. The molecule has 0 saturated heterocycles. The first kappa shape index (κ1) is 18.6. The van der Waals surface area contributed by atoms with E-state index < -0.39 is 0 Å². The van der Waals surface area contributed by atoms with E-state index in [1.165, 1.54) is 51.0 Å². The molecule has 0 saturated carbocycles. The van der Waals surface area contributed by atoms with Gasteiger partial charge in [0.1, 0.15) is 0 Å². The van der Waals surface area contributed by atoms with E-state index in [9.17, 15) is 0 Å². The molecule has 2 heteroatoms. The third-order valence-corrected chi connectivity index (χ3v) is 6.04. The number of aryl methyl sites for hydroxylation is 1. The van der Waals surface area contributed by atoms with Gasteiger partial charge in [0.2, 0.25) is 11.2 Å². The first-order valence-corrected chi connectivity index (χ1v) is 10.7. The summed E-state index contributed by atoms with van der Waals surface area (Å²) in [6.45, 7) is 0. The minimum Gasteiger partial charge on any atom is -0.378 e. The van der Waals surface area contributed by atoms with Crippen molar-refractivity contribution in [2.75, 3.05) is 19.0 Å². The summed E-state index contributed by atoms with van der Waals surface area (Å²) in [6, 6.07) is 28.3. The van der Waals surface area contributed by atoms with E-state index in [4.69, 9.17) is 0 Å². The molecule has 30 heavy (non-hydrogen) atoms. The lowest BCUT2D eigenvalue weighted by Gasteiger charge is -2.20. The van der Waals surface area contributed by atoms with Crippen LogP contribution in [0.2, 0.25) is 0 Å². The largest absolute Gasteiger partial charge is 0.378 e. The lowest BCUT2D eigenvalue weighted by molar-refractivity contribution is -0.567. The fourth-order valence-corrected chi connectivity index (χ4v) is 4.54. The van der Waals surface area contributed by atoms with E-state index in [-0.39, 0.29) is 0 Å². The van der Waals surface area contributed by atoms with Gasteiger partial charge in [-0.05, 0) is 48.6 Å². The van der Waals surface area contributed by atoms with Crippen LogP contribution in [0.3, 0.4) is 0 Å². The van der Waals surface area contributed by atoms with Crippen LogP contribution < -0.4 is 9.47 Å². The number of anilines is 1. The minimum atomic E-state index is 1.13. The van der Waals surface area contributed by atoms with Gasteiger partial charge in [0.25, 0.3) is 0 Å². The SMILES string of the molecule is CN(C)c1ccc(/C=C2/CCCc3c[n+](-c4ccccc4)c4ccccc4c32)cc1. The molecular formula is C28H27N2+. The number of rotatable bonds is 3. The second-order valence-electron chi connectivity index (χ2n) is 8.26. The minimum absolute atomic E-state index is 1.13. The number of para-hydroxylation sites is 2. The maximum Gasteiger partial charge on any atom is 0.219 e. The Labute approximate surface area is 178 Å². The Balaban J connectivity index is 1.68. The highest BCUT2D eigenvalue weighted by Gasteiger charge is 2.24. The van der Waals surface area contributed by atoms with Crippen LogP contribution in [0.1, 0.15) is 29.5 Å². The van der Waals surface area contributed by atoms with Gasteiger partial charge in [-0.25, -0.2) is 0 Å². The van der Waals surface area contributed by atoms with Crippen LogP contribution in [-0.2, 0) is 6.42 Å². The summed E-state index contributed by atoms with van der Waals surface area (Å²) in [6.07, 6.45) is 8.19. The molecule has 0 unspecified atom stereocenters. The molecule has 148 valence electrons. The molecule has 0 amide bonds. The van der Waals surface area contributed by atoms with E-state index in [0.29, 0.717) is 0 Å². The lowest BCUT2D eigenvalue weighted by Crippen LogP contribution is -2.33. The Hall–Kier alpha value is -3.39. The summed E-state index contributed by atoms with van der Waals surface area (Å²) in [7, 11) is 4.16. The predicted octanol–water partition coefficient (Wildman–Crippen LogP) is 6.06. The summed E-state index contributed by atoms with van der Waals surface area (Å²) in [4.78, 5) is 2.14. The number of allylic oxidation sites excluding steroid dienone is 1. The highest BCUT2D eigenvalue weighted by Crippen LogP contribution is 2.36. The highest BCUT2D eigenvalue weighted by molar-refractivity contribution is 5.97. The topological polar surface area (TPSA) is 7.12 Å². The maximum atomic E-state index is 2.39. The third kappa shape index (κ3) is 3.39. The number of aromatic nitrogens is 1. The highest BCUT2D eigenvalue weighted by atomic mass is 15.1. The Morgan fingerprint density at radius 3 is 2.30 bits per heavy atom. The molecule has 0 aliphatic heterocycles. The van der Waals surface area contributed by atoms with Crippen LogP contribution in [0.5, 0.6) is 0 Å². The molecule has 1 aliphatic carbocycles. The number of pyridine rings is 1. The molecule has 4 aromatic rings. The molecule has 1 aromatic heterocycles. The molecule has 5 rings (SSSR count). The van der Waals surface area contributed by atoms with Gasteiger partial charge in [-0.3, -0.25) is 0 Å². The number of hydrogen-bond acceptors (Lipinski definition) is 1. The van der Waals surface area contributed by atoms with Gasteiger partial charge in [0.15, 0.2) is 6.20 Å². The molecule has 1 heterocycles. The van der Waals surface area contributed by atoms with Crippen molar-refractivity contribution in [1.29, 1.82) is 0 Å². The predicted molar refractivity (Wildman–Crippen MR) is 127 cm³/mol. The molecule has 0 radical (unpaired) electrons. The monoisotopic (exact) mass is 391 g/mol. The van der Waals surface area contributed by atoms with Crippen LogP contribution in [0, 0.1) is 0 Å². The first-order valence-electron chi connectivity index (χ1n) is 10.7. The molecule has 0 bridgehead atoms. The molecule has 0 fully saturated rings. The van der Waals surface area contributed by atoms with Crippen molar-refractivity contribution in [2.45, 2.75) is 19.3 Å². The van der Waals surface area contributed by atoms with Crippen molar-refractivity contribution in [3.05, 3.63) is 102 Å². The average molecular weight is 392 g/mol. The summed E-state index contributed by atoms with van der Waals surface area (Å²) in [5, 5.41) is 1.34. The van der Waals surface area contributed by atoms with Crippen LogP contribution in [-0.4, -0.2) is 14.1 Å². The van der Waals surface area contributed by atoms with Gasteiger partial charge in [-0.15, -0.1) is 0 Å². The van der Waals surface area contributed by atoms with Gasteiger partial charge in [0, 0.05) is 49.1 Å². The second-order valence-corrected chi connectivity index (χ2v) is 8.26. The molecule has 0 atom stereocenters. The van der Waals surface area contributed by atoms with Crippen molar-refractivity contribution in [2.24, 2.45) is 0 Å². The summed E-state index contributed by atoms with van der Waals surface area (Å²) < 4.78 is 2.35. The van der Waals surface area contributed by atoms with E-state index >= 15 is 0 Å². The van der Waals surface area contributed by atoms with Crippen molar-refractivity contribution in [1.82, 2.24) is 0 Å². The summed E-state index contributed by atoms with van der Waals surface area (Å²) in [5.41, 5.74) is 9.30. The number of hydrogen-bond donors (Lipinski definition) is 0. The van der Waals surface area contributed by atoms with Crippen LogP contribution in [0.25, 0.3) is 28.2 Å². The quantitative estimate of drug-likeness (QED) is 0.385. The molecule has 0 N–H and O–H groups in total. The van der Waals surface area contributed by atoms with Crippen LogP contribution in [0.15, 0.2) is 85.1 Å². The van der Waals surface area contributed by atoms with E-state index in [1.54, 1.807) is 0 Å². The molecule has 3 aromatic carbocycles. The zero-order valence-electron chi connectivity index (χ0n) is 17.7. The summed E-state index contributed by atoms with van der Waals surface area (Å²) >= 11 is 0. The molecular weight excluding hydrogens is 364 g/mol. The van der Waals surface area contributed by atoms with Gasteiger partial charge < -0.3 is 4.90 Å². The fourth-order valence-electron chi connectivity index (χ4n) is 4.54. The standard InChI is InChI=1S/C28H27N2/c1-29(2)24-17-15-21(16-18-24)19-22-9-8-10-23-20-30(25-11-4-3-5-12-25)27-14-7-6-13-26(27)28(22)23/h3-7,11-20H,8-10H2,1-2H3/q+1. The number of nitrogens with zero attached hydrogens (tertiary/aromatic N) is 2. The Morgan fingerprint density at radius 1 is 0.800 bits per heavy atom. The molecule has 2 nitrogen and oxygen atoms in total. The zero-order chi connectivity index (χ0) is 20.5. The Bertz CT molecular complexity index is 1220. The Morgan fingerprint density at radius 2 is 1.53 bits per heavy atom. The lowest BCUT2D eigenvalue weighted by atomic mass is 9.84. The zero-order valence-corrected chi connectivity index (χ0v) is 17.7. The molecule has 0 spiro atoms. The number of fused-ring (bicyclic) bond motifs is 3. The normalized spacial score (nSPS) is 14.7. The third-order valence-electron chi connectivity index (χ3n) is 6.04. The Kier molecular flexibility index (Phi) is 4.84. The van der Waals surface area contributed by atoms with Gasteiger partial charge in [-0.1, -0.05) is 48.5 Å². The van der Waals surface area contributed by atoms with E-state index in [1.807, 2.05) is 0 Å². The maximum absolute atomic E-state index is 2.39. The molecule has 1 aliphatic rings. The van der Waals surface area contributed by atoms with Crippen molar-refractivity contribution in [3.8, 4) is 5.69 Å². The number of benzene rings is 3. The van der Waals surface area contributed by atoms with E-state index in [2.05, 4.69) is 115 Å². The van der Waals surface area contributed by atoms with Crippen molar-refractivity contribution >= 4 is 28.2 Å². The van der Waals surface area contributed by atoms with Gasteiger partial charge >= 0.3 is 0 Å². The first-order chi connectivity index (χ1) is 14.7. The second kappa shape index (κ2) is 7.79. The van der Waals surface area contributed by atoms with Gasteiger partial charge in [0.05, 0.1) is 5.39 Å². The smallest absolute Gasteiger partial charge is 0.219 e. The van der Waals surface area contributed by atoms with Crippen LogP contribution >= 0.6 is 0 Å². The van der Waals surface area contributed by atoms with Crippen molar-refractivity contribution in [3.63, 3.8) is 0 Å². The average Bonchev–Trinajstić information content (AvgIpc) is 2.79. The van der Waals surface area contributed by atoms with Crippen LogP contribution in [0.4, 0.5) is 5.69 Å².